The normalized spacial score (nSPS) is 19.2. The Bertz CT molecular complexity index is 1010. The van der Waals surface area contributed by atoms with Gasteiger partial charge in [0.15, 0.2) is 0 Å². The van der Waals surface area contributed by atoms with Gasteiger partial charge < -0.3 is 20.1 Å². The molecule has 3 unspecified atom stereocenters. The molecule has 2 N–H and O–H groups in total. The first-order valence-electron chi connectivity index (χ1n) is 11.5. The molecular formula is C26H30N2O5. The van der Waals surface area contributed by atoms with Gasteiger partial charge in [0.05, 0.1) is 6.42 Å². The lowest BCUT2D eigenvalue weighted by atomic mass is 9.98. The Kier molecular flexibility index (Phi) is 6.67. The smallest absolute Gasteiger partial charge is 0.407 e. The molecule has 0 aliphatic heterocycles. The molecule has 33 heavy (non-hydrogen) atoms. The minimum absolute atomic E-state index is 0.00670. The number of nitrogens with one attached hydrogen (secondary N) is 1. The van der Waals surface area contributed by atoms with Gasteiger partial charge in [-0.15, -0.1) is 0 Å². The predicted molar refractivity (Wildman–Crippen MR) is 124 cm³/mol. The molecular weight excluding hydrogens is 420 g/mol. The molecule has 7 nitrogen and oxygen atoms in total. The average Bonchev–Trinajstić information content (AvgIpc) is 3.51. The number of alkyl carbamates (subject to hydrolysis) is 1. The minimum atomic E-state index is -0.919. The van der Waals surface area contributed by atoms with Crippen LogP contribution in [0.15, 0.2) is 48.5 Å². The second-order valence-corrected chi connectivity index (χ2v) is 8.88. The fourth-order valence-electron chi connectivity index (χ4n) is 4.90. The zero-order chi connectivity index (χ0) is 23.5. The third kappa shape index (κ3) is 4.87. The van der Waals surface area contributed by atoms with Gasteiger partial charge in [-0.05, 0) is 48.4 Å². The third-order valence-electron chi connectivity index (χ3n) is 6.72. The van der Waals surface area contributed by atoms with Gasteiger partial charge in [0.2, 0.25) is 5.91 Å². The molecule has 4 rings (SSSR count). The summed E-state index contributed by atoms with van der Waals surface area (Å²) in [7, 11) is 0. The van der Waals surface area contributed by atoms with Gasteiger partial charge in [0, 0.05) is 31.0 Å². The molecule has 2 amide bonds. The van der Waals surface area contributed by atoms with Gasteiger partial charge in [-0.1, -0.05) is 48.5 Å². The lowest BCUT2D eigenvalue weighted by Gasteiger charge is -2.27. The quantitative estimate of drug-likeness (QED) is 0.605. The molecule has 0 radical (unpaired) electrons. The number of fused-ring (bicyclic) bond motifs is 3. The van der Waals surface area contributed by atoms with Crippen molar-refractivity contribution in [1.82, 2.24) is 10.2 Å². The van der Waals surface area contributed by atoms with Crippen LogP contribution in [0.4, 0.5) is 4.79 Å². The van der Waals surface area contributed by atoms with Crippen LogP contribution in [0.5, 0.6) is 0 Å². The highest BCUT2D eigenvalue weighted by atomic mass is 16.5. The summed E-state index contributed by atoms with van der Waals surface area (Å²) >= 11 is 0. The molecule has 0 spiro atoms. The van der Waals surface area contributed by atoms with E-state index >= 15 is 0 Å². The van der Waals surface area contributed by atoms with Crippen molar-refractivity contribution >= 4 is 18.0 Å². The van der Waals surface area contributed by atoms with Crippen LogP contribution in [0.3, 0.4) is 0 Å². The summed E-state index contributed by atoms with van der Waals surface area (Å²) in [6.45, 7) is 4.70. The largest absolute Gasteiger partial charge is 0.481 e. The zero-order valence-corrected chi connectivity index (χ0v) is 19.0. The van der Waals surface area contributed by atoms with Crippen LogP contribution in [0, 0.1) is 11.8 Å². The first kappa shape index (κ1) is 22.8. The number of nitrogens with zero attached hydrogens (tertiary/aromatic N) is 1. The number of hydrogen-bond acceptors (Lipinski definition) is 4. The van der Waals surface area contributed by atoms with E-state index in [-0.39, 0.29) is 42.7 Å². The maximum atomic E-state index is 12.7. The molecule has 0 saturated heterocycles. The monoisotopic (exact) mass is 450 g/mol. The lowest BCUT2D eigenvalue weighted by molar-refractivity contribution is -0.141. The van der Waals surface area contributed by atoms with Crippen molar-refractivity contribution in [3.63, 3.8) is 0 Å². The Balaban J connectivity index is 1.27. The second kappa shape index (κ2) is 9.65. The van der Waals surface area contributed by atoms with Crippen molar-refractivity contribution in [3.05, 3.63) is 59.7 Å². The van der Waals surface area contributed by atoms with Gasteiger partial charge in [-0.2, -0.15) is 0 Å². The fourth-order valence-corrected chi connectivity index (χ4v) is 4.90. The van der Waals surface area contributed by atoms with Gasteiger partial charge in [-0.3, -0.25) is 9.59 Å². The zero-order valence-electron chi connectivity index (χ0n) is 19.0. The second-order valence-electron chi connectivity index (χ2n) is 8.88. The van der Waals surface area contributed by atoms with Crippen molar-refractivity contribution in [1.29, 1.82) is 0 Å². The van der Waals surface area contributed by atoms with E-state index in [1.807, 2.05) is 31.2 Å². The number of rotatable bonds is 9. The van der Waals surface area contributed by atoms with Crippen molar-refractivity contribution in [3.8, 4) is 11.1 Å². The molecule has 2 aromatic rings. The van der Waals surface area contributed by atoms with Crippen LogP contribution in [-0.2, 0) is 14.3 Å². The van der Waals surface area contributed by atoms with E-state index in [4.69, 9.17) is 9.84 Å². The van der Waals surface area contributed by atoms with Crippen LogP contribution < -0.4 is 5.32 Å². The molecule has 174 valence electrons. The highest BCUT2D eigenvalue weighted by Crippen LogP contribution is 2.44. The predicted octanol–water partition coefficient (Wildman–Crippen LogP) is 3.87. The van der Waals surface area contributed by atoms with E-state index in [9.17, 15) is 14.4 Å². The van der Waals surface area contributed by atoms with Crippen LogP contribution in [0.25, 0.3) is 11.1 Å². The topological polar surface area (TPSA) is 95.9 Å². The Labute approximate surface area is 193 Å². The summed E-state index contributed by atoms with van der Waals surface area (Å²) in [5.74, 6) is -1.06. The summed E-state index contributed by atoms with van der Waals surface area (Å²) in [5.41, 5.74) is 4.68. The molecule has 1 fully saturated rings. The molecule has 0 aromatic heterocycles. The number of carboxylic acid groups (broad SMARTS) is 1. The van der Waals surface area contributed by atoms with E-state index in [1.54, 1.807) is 11.8 Å². The average molecular weight is 451 g/mol. The van der Waals surface area contributed by atoms with Crippen molar-refractivity contribution in [2.75, 3.05) is 19.7 Å². The molecule has 0 bridgehead atoms. The van der Waals surface area contributed by atoms with E-state index < -0.39 is 12.1 Å². The van der Waals surface area contributed by atoms with E-state index in [1.165, 1.54) is 11.1 Å². The number of carbonyl (C=O) groups is 3. The maximum absolute atomic E-state index is 12.7. The molecule has 2 aromatic carbocycles. The standard InChI is InChI=1S/C26H30N2O5/c1-3-28(16(2)12-24(29)30)25(31)22-13-17(22)14-27-26(32)33-15-23-20-10-6-4-8-18(20)19-9-5-7-11-21(19)23/h4-11,16-17,22-23H,3,12-15H2,1-2H3,(H,27,32)(H,29,30). The molecule has 2 aliphatic rings. The van der Waals surface area contributed by atoms with E-state index in [2.05, 4.69) is 29.6 Å². The first-order chi connectivity index (χ1) is 15.9. The summed E-state index contributed by atoms with van der Waals surface area (Å²) in [4.78, 5) is 37.7. The van der Waals surface area contributed by atoms with Gasteiger partial charge in [-0.25, -0.2) is 4.79 Å². The first-order valence-corrected chi connectivity index (χ1v) is 11.5. The van der Waals surface area contributed by atoms with Crippen molar-refractivity contribution in [2.45, 2.75) is 38.6 Å². The van der Waals surface area contributed by atoms with Crippen LogP contribution in [0.1, 0.15) is 43.7 Å². The number of hydrogen-bond donors (Lipinski definition) is 2. The Hall–Kier alpha value is -3.35. The van der Waals surface area contributed by atoms with Crippen molar-refractivity contribution < 1.29 is 24.2 Å². The fraction of sp³-hybridized carbons (Fsp3) is 0.423. The summed E-state index contributed by atoms with van der Waals surface area (Å²) < 4.78 is 5.55. The number of carbonyl (C=O) groups excluding carboxylic acids is 2. The Morgan fingerprint density at radius 3 is 2.27 bits per heavy atom. The highest BCUT2D eigenvalue weighted by molar-refractivity contribution is 5.83. The molecule has 1 saturated carbocycles. The molecule has 2 aliphatic carbocycles. The van der Waals surface area contributed by atoms with Crippen LogP contribution in [-0.4, -0.2) is 53.7 Å². The van der Waals surface area contributed by atoms with E-state index in [0.29, 0.717) is 19.5 Å². The number of ether oxygens (including phenoxy) is 1. The minimum Gasteiger partial charge on any atom is -0.481 e. The summed E-state index contributed by atoms with van der Waals surface area (Å²) in [6, 6.07) is 16.0. The van der Waals surface area contributed by atoms with Crippen LogP contribution >= 0.6 is 0 Å². The Morgan fingerprint density at radius 2 is 1.70 bits per heavy atom. The molecule has 0 heterocycles. The third-order valence-corrected chi connectivity index (χ3v) is 6.72. The molecule has 3 atom stereocenters. The van der Waals surface area contributed by atoms with E-state index in [0.717, 1.165) is 11.1 Å². The number of benzene rings is 2. The number of amides is 2. The van der Waals surface area contributed by atoms with Crippen molar-refractivity contribution in [2.24, 2.45) is 11.8 Å². The van der Waals surface area contributed by atoms with Gasteiger partial charge in [0.25, 0.3) is 0 Å². The SMILES string of the molecule is CCN(C(=O)C1CC1CNC(=O)OCC1c2ccccc2-c2ccccc21)C(C)CC(=O)O. The van der Waals surface area contributed by atoms with Gasteiger partial charge >= 0.3 is 12.1 Å². The van der Waals surface area contributed by atoms with Gasteiger partial charge in [0.1, 0.15) is 6.61 Å². The molecule has 7 heteroatoms. The number of aliphatic carboxylic acids is 1. The summed E-state index contributed by atoms with van der Waals surface area (Å²) in [6.07, 6.45) is 0.134. The number of carboxylic acids is 1. The Morgan fingerprint density at radius 1 is 1.09 bits per heavy atom. The summed E-state index contributed by atoms with van der Waals surface area (Å²) in [5, 5.41) is 11.8. The highest BCUT2D eigenvalue weighted by Gasteiger charge is 2.45. The lowest BCUT2D eigenvalue weighted by Crippen LogP contribution is -2.41. The maximum Gasteiger partial charge on any atom is 0.407 e. The van der Waals surface area contributed by atoms with Crippen LogP contribution in [0.2, 0.25) is 0 Å².